The molecule has 45 heavy (non-hydrogen) atoms. The van der Waals surface area contributed by atoms with Crippen molar-refractivity contribution >= 4 is 46.0 Å². The second-order valence-electron chi connectivity index (χ2n) is 11.2. The number of phenols is 1. The molecular formula is C29H27ClF3N7O5. The number of primary amides is 1. The van der Waals surface area contributed by atoms with Gasteiger partial charge in [-0.05, 0) is 18.9 Å². The Morgan fingerprint density at radius 2 is 1.93 bits per heavy atom. The number of carbonyl (C=O) groups is 2. The summed E-state index contributed by atoms with van der Waals surface area (Å²) in [5.41, 5.74) is 3.22. The molecule has 4 aromatic rings. The molecule has 0 aliphatic carbocycles. The summed E-state index contributed by atoms with van der Waals surface area (Å²) in [5, 5.41) is 12.0. The number of nitrogens with two attached hydrogens (primary N) is 1. The van der Waals surface area contributed by atoms with Crippen LogP contribution < -0.4 is 21.5 Å². The topological polar surface area (TPSA) is 158 Å². The molecule has 0 bridgehead atoms. The molecule has 6 rings (SSSR count). The number of nitrogens with zero attached hydrogens (tertiary/aromatic N) is 5. The number of aromatic nitrogens is 4. The number of fused-ring (bicyclic) bond motifs is 2. The number of carbonyl (C=O) groups excluding carboxylic acids is 2. The van der Waals surface area contributed by atoms with E-state index in [2.05, 4.69) is 15.3 Å². The summed E-state index contributed by atoms with van der Waals surface area (Å²) in [5.74, 6) is -6.74. The molecule has 0 spiro atoms. The molecule has 236 valence electrons. The van der Waals surface area contributed by atoms with Crippen molar-refractivity contribution < 1.29 is 32.6 Å². The average molecular weight is 646 g/mol. The monoisotopic (exact) mass is 645 g/mol. The van der Waals surface area contributed by atoms with Crippen molar-refractivity contribution in [3.05, 3.63) is 62.7 Å². The van der Waals surface area contributed by atoms with E-state index in [-0.39, 0.29) is 40.1 Å². The van der Waals surface area contributed by atoms with E-state index in [4.69, 9.17) is 22.1 Å². The Morgan fingerprint density at radius 1 is 1.18 bits per heavy atom. The highest BCUT2D eigenvalue weighted by molar-refractivity contribution is 6.33. The van der Waals surface area contributed by atoms with Crippen LogP contribution in [0.3, 0.4) is 0 Å². The van der Waals surface area contributed by atoms with Crippen LogP contribution in [-0.2, 0) is 29.0 Å². The fourth-order valence-corrected chi connectivity index (χ4v) is 5.95. The van der Waals surface area contributed by atoms with E-state index in [0.717, 1.165) is 6.07 Å². The van der Waals surface area contributed by atoms with Crippen LogP contribution in [0.4, 0.5) is 24.7 Å². The lowest BCUT2D eigenvalue weighted by atomic mass is 10.0. The quantitative estimate of drug-likeness (QED) is 0.270. The Labute approximate surface area is 258 Å². The smallest absolute Gasteiger partial charge is 0.263 e. The van der Waals surface area contributed by atoms with Crippen molar-refractivity contribution in [1.82, 2.24) is 19.1 Å². The third-order valence-corrected chi connectivity index (χ3v) is 8.33. The van der Waals surface area contributed by atoms with E-state index < -0.39 is 63.4 Å². The Hall–Kier alpha value is -4.63. The van der Waals surface area contributed by atoms with Gasteiger partial charge in [0, 0.05) is 42.9 Å². The summed E-state index contributed by atoms with van der Waals surface area (Å²) in [6.07, 6.45) is 1.67. The molecule has 0 saturated carbocycles. The average Bonchev–Trinajstić information content (AvgIpc) is 3.54. The van der Waals surface area contributed by atoms with Crippen molar-refractivity contribution in [2.45, 2.75) is 39.4 Å². The van der Waals surface area contributed by atoms with Gasteiger partial charge in [0.2, 0.25) is 17.7 Å². The molecular weight excluding hydrogens is 619 g/mol. The summed E-state index contributed by atoms with van der Waals surface area (Å²) < 4.78 is 52.9. The molecule has 16 heteroatoms. The molecule has 2 aliphatic rings. The number of morpholine rings is 1. The van der Waals surface area contributed by atoms with Crippen LogP contribution in [0.2, 0.25) is 5.02 Å². The summed E-state index contributed by atoms with van der Waals surface area (Å²) in [6.45, 7) is 4.87. The van der Waals surface area contributed by atoms with Crippen LogP contribution in [0.25, 0.3) is 22.2 Å². The number of aromatic hydroxyl groups is 1. The molecule has 4 N–H and O–H groups in total. The minimum absolute atomic E-state index is 0.00570. The van der Waals surface area contributed by atoms with Crippen LogP contribution in [0, 0.1) is 23.5 Å². The fourth-order valence-electron chi connectivity index (χ4n) is 5.80. The first-order chi connectivity index (χ1) is 21.3. The highest BCUT2D eigenvalue weighted by Crippen LogP contribution is 2.37. The molecule has 1 fully saturated rings. The minimum atomic E-state index is -1.73. The molecule has 12 nitrogen and oxygen atoms in total. The van der Waals surface area contributed by atoms with Gasteiger partial charge in [-0.25, -0.2) is 14.4 Å². The minimum Gasteiger partial charge on any atom is -0.504 e. The number of hydrogen-bond acceptors (Lipinski definition) is 8. The Morgan fingerprint density at radius 3 is 2.64 bits per heavy atom. The number of halogens is 4. The summed E-state index contributed by atoms with van der Waals surface area (Å²) in [6, 6.07) is 2.15. The lowest BCUT2D eigenvalue weighted by Crippen LogP contribution is -2.44. The number of hydrogen-bond donors (Lipinski definition) is 3. The number of anilines is 2. The largest absolute Gasteiger partial charge is 0.504 e. The Kier molecular flexibility index (Phi) is 7.69. The van der Waals surface area contributed by atoms with Crippen molar-refractivity contribution in [3.63, 3.8) is 0 Å². The van der Waals surface area contributed by atoms with Gasteiger partial charge in [0.15, 0.2) is 11.6 Å². The number of amides is 2. The lowest BCUT2D eigenvalue weighted by molar-refractivity contribution is -0.116. The van der Waals surface area contributed by atoms with Gasteiger partial charge in [-0.15, -0.1) is 0 Å². The van der Waals surface area contributed by atoms with Crippen molar-refractivity contribution in [2.75, 3.05) is 30.0 Å². The van der Waals surface area contributed by atoms with Gasteiger partial charge in [0.25, 0.3) is 11.5 Å². The van der Waals surface area contributed by atoms with Gasteiger partial charge in [-0.3, -0.25) is 19.0 Å². The van der Waals surface area contributed by atoms with Gasteiger partial charge >= 0.3 is 0 Å². The van der Waals surface area contributed by atoms with Crippen LogP contribution in [0.1, 0.15) is 30.0 Å². The third-order valence-electron chi connectivity index (χ3n) is 7.97. The Bertz CT molecular complexity index is 1960. The Balaban J connectivity index is 1.43. The molecule has 3 aromatic heterocycles. The second kappa shape index (κ2) is 11.4. The first-order valence-electron chi connectivity index (χ1n) is 14.0. The highest BCUT2D eigenvalue weighted by atomic mass is 35.5. The molecule has 1 unspecified atom stereocenters. The van der Waals surface area contributed by atoms with Crippen LogP contribution in [-0.4, -0.2) is 61.8 Å². The lowest BCUT2D eigenvalue weighted by Gasteiger charge is -2.34. The molecule has 2 atom stereocenters. The number of nitrogens with one attached hydrogen (secondary N) is 1. The van der Waals surface area contributed by atoms with E-state index in [1.807, 2.05) is 18.7 Å². The van der Waals surface area contributed by atoms with Gasteiger partial charge in [-0.1, -0.05) is 18.5 Å². The van der Waals surface area contributed by atoms with Crippen molar-refractivity contribution in [2.24, 2.45) is 11.7 Å². The first-order valence-corrected chi connectivity index (χ1v) is 14.4. The number of rotatable bonds is 6. The van der Waals surface area contributed by atoms with Crippen molar-refractivity contribution in [3.8, 4) is 16.9 Å². The maximum Gasteiger partial charge on any atom is 0.263 e. The molecule has 1 saturated heterocycles. The first kappa shape index (κ1) is 30.4. The van der Waals surface area contributed by atoms with Gasteiger partial charge in [-0.2, -0.15) is 8.78 Å². The van der Waals surface area contributed by atoms with Crippen molar-refractivity contribution in [1.29, 1.82) is 0 Å². The maximum atomic E-state index is 15.3. The third kappa shape index (κ3) is 5.25. The molecule has 0 radical (unpaired) electrons. The molecule has 2 amide bonds. The summed E-state index contributed by atoms with van der Waals surface area (Å²) >= 11 is 6.16. The zero-order chi connectivity index (χ0) is 32.3. The SMILES string of the molecule is CC1Cc2nc3c(c(-c4cc(C(N)=O)c(O)c(F)c4F)cn3CC(=O)Nc3cc(N4CCOC[C@@H]4C)nc(F)c3Cl)c(=O)n2C1. The van der Waals surface area contributed by atoms with E-state index in [0.29, 0.717) is 38.5 Å². The predicted molar refractivity (Wildman–Crippen MR) is 158 cm³/mol. The van der Waals surface area contributed by atoms with E-state index in [1.54, 1.807) is 0 Å². The van der Waals surface area contributed by atoms with E-state index in [1.165, 1.54) is 21.4 Å². The second-order valence-corrected chi connectivity index (χ2v) is 11.6. The van der Waals surface area contributed by atoms with Crippen LogP contribution >= 0.6 is 11.6 Å². The maximum absolute atomic E-state index is 15.3. The number of ether oxygens (including phenoxy) is 1. The fraction of sp³-hybridized carbons (Fsp3) is 0.345. The molecule has 2 aliphatic heterocycles. The van der Waals surface area contributed by atoms with Gasteiger partial charge in [0.1, 0.15) is 28.9 Å². The summed E-state index contributed by atoms with van der Waals surface area (Å²) in [4.78, 5) is 49.3. The standard InChI is InChI=1S/C29H27ClF3N7O5/c1-12-5-18-37-28-21(29(44)40(18)8-12)16(14-6-15(27(34)43)25(42)24(32)23(14)31)9-38(28)10-20(41)35-17-7-19(36-26(33)22(17)30)39-3-4-45-11-13(39)2/h6-7,9,12-13,42H,3-5,8,10-11H2,1-2H3,(H2,34,43)(H,35,36,41)/t12?,13-/m0/s1. The zero-order valence-electron chi connectivity index (χ0n) is 24.0. The van der Waals surface area contributed by atoms with Gasteiger partial charge < -0.3 is 30.4 Å². The number of pyridine rings is 1. The zero-order valence-corrected chi connectivity index (χ0v) is 24.8. The molecule has 5 heterocycles. The van der Waals surface area contributed by atoms with E-state index in [9.17, 15) is 28.3 Å². The number of benzene rings is 1. The van der Waals surface area contributed by atoms with E-state index >= 15 is 4.39 Å². The summed E-state index contributed by atoms with van der Waals surface area (Å²) in [7, 11) is 0. The predicted octanol–water partition coefficient (Wildman–Crippen LogP) is 3.19. The van der Waals surface area contributed by atoms with Crippen LogP contribution in [0.15, 0.2) is 23.1 Å². The highest BCUT2D eigenvalue weighted by Gasteiger charge is 2.30. The molecule has 1 aromatic carbocycles. The van der Waals surface area contributed by atoms with Crippen LogP contribution in [0.5, 0.6) is 5.75 Å². The normalized spacial score (nSPS) is 18.0. The van der Waals surface area contributed by atoms with Gasteiger partial charge in [0.05, 0.1) is 35.9 Å².